The number of hydrogen-bond donors (Lipinski definition) is 1. The molecule has 1 heterocycles. The number of benzene rings is 2. The molecule has 0 saturated carbocycles. The van der Waals surface area contributed by atoms with Gasteiger partial charge in [0.05, 0.1) is 6.42 Å². The van der Waals surface area contributed by atoms with E-state index in [1.165, 1.54) is 6.07 Å². The highest BCUT2D eigenvalue weighted by Gasteiger charge is 2.21. The van der Waals surface area contributed by atoms with Gasteiger partial charge in [0.25, 0.3) is 0 Å². The van der Waals surface area contributed by atoms with Crippen molar-refractivity contribution in [2.24, 2.45) is 0 Å². The fourth-order valence-electron chi connectivity index (χ4n) is 3.11. The average molecular weight is 340 g/mol. The Bertz CT molecular complexity index is 804. The lowest BCUT2D eigenvalue weighted by Crippen LogP contribution is -2.31. The van der Waals surface area contributed by atoms with E-state index in [2.05, 4.69) is 5.32 Å². The molecule has 0 radical (unpaired) electrons. The number of hydrogen-bond acceptors (Lipinski definition) is 2. The van der Waals surface area contributed by atoms with E-state index in [-0.39, 0.29) is 24.1 Å². The van der Waals surface area contributed by atoms with Crippen LogP contribution in [0.15, 0.2) is 42.5 Å². The Kier molecular flexibility index (Phi) is 5.12. The summed E-state index contributed by atoms with van der Waals surface area (Å²) >= 11 is 0. The first kappa shape index (κ1) is 17.1. The molecule has 0 aliphatic carbocycles. The Balaban J connectivity index is 1.55. The second-order valence-electron chi connectivity index (χ2n) is 6.28. The molecule has 3 rings (SSSR count). The SMILES string of the molecule is CN1C(=O)CCc2cc(CC(=O)NCCc3ccccc3F)ccc21. The predicted octanol–water partition coefficient (Wildman–Crippen LogP) is 2.64. The van der Waals surface area contributed by atoms with Crippen LogP contribution in [-0.4, -0.2) is 25.4 Å². The van der Waals surface area contributed by atoms with Crippen LogP contribution < -0.4 is 10.2 Å². The lowest BCUT2D eigenvalue weighted by molar-refractivity contribution is -0.120. The van der Waals surface area contributed by atoms with Crippen LogP contribution >= 0.6 is 0 Å². The summed E-state index contributed by atoms with van der Waals surface area (Å²) in [6, 6.07) is 12.4. The minimum atomic E-state index is -0.245. The van der Waals surface area contributed by atoms with Gasteiger partial charge in [-0.15, -0.1) is 0 Å². The first-order chi connectivity index (χ1) is 12.0. The van der Waals surface area contributed by atoms with E-state index < -0.39 is 0 Å². The van der Waals surface area contributed by atoms with Gasteiger partial charge in [-0.3, -0.25) is 9.59 Å². The summed E-state index contributed by atoms with van der Waals surface area (Å²) in [6.07, 6.45) is 1.96. The van der Waals surface area contributed by atoms with Gasteiger partial charge >= 0.3 is 0 Å². The second kappa shape index (κ2) is 7.47. The van der Waals surface area contributed by atoms with Gasteiger partial charge in [0.1, 0.15) is 5.82 Å². The summed E-state index contributed by atoms with van der Waals surface area (Å²) in [4.78, 5) is 25.5. The van der Waals surface area contributed by atoms with E-state index >= 15 is 0 Å². The molecule has 0 aromatic heterocycles. The van der Waals surface area contributed by atoms with Gasteiger partial charge in [0.15, 0.2) is 0 Å². The Morgan fingerprint density at radius 3 is 2.80 bits per heavy atom. The maximum absolute atomic E-state index is 13.5. The number of nitrogens with one attached hydrogen (secondary N) is 1. The van der Waals surface area contributed by atoms with E-state index in [0.717, 1.165) is 16.8 Å². The minimum Gasteiger partial charge on any atom is -0.355 e. The molecule has 5 heteroatoms. The maximum atomic E-state index is 13.5. The van der Waals surface area contributed by atoms with Crippen molar-refractivity contribution in [3.8, 4) is 0 Å². The molecule has 1 aliphatic heterocycles. The van der Waals surface area contributed by atoms with Crippen molar-refractivity contribution in [3.05, 3.63) is 65.0 Å². The molecular weight excluding hydrogens is 319 g/mol. The van der Waals surface area contributed by atoms with Gasteiger partial charge in [-0.1, -0.05) is 30.3 Å². The van der Waals surface area contributed by atoms with Crippen LogP contribution in [-0.2, 0) is 28.9 Å². The minimum absolute atomic E-state index is 0.0865. The summed E-state index contributed by atoms with van der Waals surface area (Å²) in [5.41, 5.74) is 3.54. The van der Waals surface area contributed by atoms with Gasteiger partial charge in [0.2, 0.25) is 11.8 Å². The van der Waals surface area contributed by atoms with E-state index in [9.17, 15) is 14.0 Å². The van der Waals surface area contributed by atoms with E-state index in [1.807, 2.05) is 18.2 Å². The largest absolute Gasteiger partial charge is 0.355 e. The van der Waals surface area contributed by atoms with Crippen molar-refractivity contribution in [1.29, 1.82) is 0 Å². The fourth-order valence-corrected chi connectivity index (χ4v) is 3.11. The molecule has 0 bridgehead atoms. The third-order valence-electron chi connectivity index (χ3n) is 4.53. The normalized spacial score (nSPS) is 13.5. The van der Waals surface area contributed by atoms with Gasteiger partial charge in [-0.05, 0) is 41.7 Å². The van der Waals surface area contributed by atoms with Crippen molar-refractivity contribution in [3.63, 3.8) is 0 Å². The maximum Gasteiger partial charge on any atom is 0.227 e. The monoisotopic (exact) mass is 340 g/mol. The molecule has 130 valence electrons. The van der Waals surface area contributed by atoms with Crippen LogP contribution in [0.5, 0.6) is 0 Å². The standard InChI is InChI=1S/C20H21FN2O2/c1-23-18-8-6-14(12-16(18)7-9-20(23)25)13-19(24)22-11-10-15-4-2-3-5-17(15)21/h2-6,8,12H,7,9-11,13H2,1H3,(H,22,24). The topological polar surface area (TPSA) is 49.4 Å². The van der Waals surface area contributed by atoms with Crippen LogP contribution in [0.4, 0.5) is 10.1 Å². The highest BCUT2D eigenvalue weighted by molar-refractivity contribution is 5.96. The van der Waals surface area contributed by atoms with Crippen molar-refractivity contribution in [2.75, 3.05) is 18.5 Å². The second-order valence-corrected chi connectivity index (χ2v) is 6.28. The van der Waals surface area contributed by atoms with E-state index in [4.69, 9.17) is 0 Å². The average Bonchev–Trinajstić information content (AvgIpc) is 2.60. The molecule has 1 N–H and O–H groups in total. The number of fused-ring (bicyclic) bond motifs is 1. The molecule has 0 fully saturated rings. The number of rotatable bonds is 5. The summed E-state index contributed by atoms with van der Waals surface area (Å²) in [6.45, 7) is 0.405. The smallest absolute Gasteiger partial charge is 0.227 e. The molecule has 4 nitrogen and oxygen atoms in total. The Morgan fingerprint density at radius 2 is 2.00 bits per heavy atom. The first-order valence-corrected chi connectivity index (χ1v) is 8.43. The molecule has 1 aliphatic rings. The van der Waals surface area contributed by atoms with Gasteiger partial charge in [0, 0.05) is 25.7 Å². The summed E-state index contributed by atoms with van der Waals surface area (Å²) in [5.74, 6) is -0.215. The fraction of sp³-hybridized carbons (Fsp3) is 0.300. The summed E-state index contributed by atoms with van der Waals surface area (Å²) in [5, 5.41) is 2.83. The van der Waals surface area contributed by atoms with Gasteiger partial charge < -0.3 is 10.2 Å². The molecule has 2 aromatic carbocycles. The number of nitrogens with zero attached hydrogens (tertiary/aromatic N) is 1. The number of aryl methyl sites for hydroxylation is 1. The number of anilines is 1. The summed E-state index contributed by atoms with van der Waals surface area (Å²) < 4.78 is 13.5. The van der Waals surface area contributed by atoms with Crippen molar-refractivity contribution >= 4 is 17.5 Å². The molecule has 0 saturated heterocycles. The third kappa shape index (κ3) is 4.05. The van der Waals surface area contributed by atoms with Crippen molar-refractivity contribution in [2.45, 2.75) is 25.7 Å². The van der Waals surface area contributed by atoms with Crippen LogP contribution in [0.3, 0.4) is 0 Å². The zero-order chi connectivity index (χ0) is 17.8. The summed E-state index contributed by atoms with van der Waals surface area (Å²) in [7, 11) is 1.77. The Hall–Kier alpha value is -2.69. The van der Waals surface area contributed by atoms with E-state index in [1.54, 1.807) is 30.1 Å². The lowest BCUT2D eigenvalue weighted by atomic mass is 9.98. The molecule has 25 heavy (non-hydrogen) atoms. The quantitative estimate of drug-likeness (QED) is 0.910. The molecular formula is C20H21FN2O2. The van der Waals surface area contributed by atoms with Gasteiger partial charge in [-0.2, -0.15) is 0 Å². The Labute approximate surface area is 146 Å². The molecule has 2 aromatic rings. The van der Waals surface area contributed by atoms with Crippen molar-refractivity contribution in [1.82, 2.24) is 5.32 Å². The van der Waals surface area contributed by atoms with Crippen LogP contribution in [0.2, 0.25) is 0 Å². The predicted molar refractivity (Wildman–Crippen MR) is 95.0 cm³/mol. The van der Waals surface area contributed by atoms with E-state index in [0.29, 0.717) is 31.4 Å². The molecule has 2 amide bonds. The van der Waals surface area contributed by atoms with Crippen LogP contribution in [0, 0.1) is 5.82 Å². The van der Waals surface area contributed by atoms with Crippen LogP contribution in [0.1, 0.15) is 23.1 Å². The number of carbonyl (C=O) groups excluding carboxylic acids is 2. The van der Waals surface area contributed by atoms with Crippen molar-refractivity contribution < 1.29 is 14.0 Å². The number of amides is 2. The van der Waals surface area contributed by atoms with Crippen LogP contribution in [0.25, 0.3) is 0 Å². The van der Waals surface area contributed by atoms with Gasteiger partial charge in [-0.25, -0.2) is 4.39 Å². The zero-order valence-electron chi connectivity index (χ0n) is 14.2. The third-order valence-corrected chi connectivity index (χ3v) is 4.53. The lowest BCUT2D eigenvalue weighted by Gasteiger charge is -2.26. The molecule has 0 unspecified atom stereocenters. The molecule has 0 atom stereocenters. The zero-order valence-corrected chi connectivity index (χ0v) is 14.2. The number of carbonyl (C=O) groups is 2. The highest BCUT2D eigenvalue weighted by atomic mass is 19.1. The highest BCUT2D eigenvalue weighted by Crippen LogP contribution is 2.27. The Morgan fingerprint density at radius 1 is 1.20 bits per heavy atom. The first-order valence-electron chi connectivity index (χ1n) is 8.43. The number of halogens is 1. The molecule has 0 spiro atoms.